The number of rotatable bonds is 5. The van der Waals surface area contributed by atoms with Crippen LogP contribution in [0.25, 0.3) is 0 Å². The van der Waals surface area contributed by atoms with Crippen LogP contribution in [0.1, 0.15) is 46.8 Å². The maximum absolute atomic E-state index is 11.2. The Morgan fingerprint density at radius 2 is 1.85 bits per heavy atom. The largest absolute Gasteiger partial charge is 0.488 e. The van der Waals surface area contributed by atoms with Gasteiger partial charge in [-0.15, -0.1) is 0 Å². The first kappa shape index (κ1) is 14.3. The zero-order valence-electron chi connectivity index (χ0n) is 12.2. The highest BCUT2D eigenvalue weighted by atomic mass is 16.5. The van der Waals surface area contributed by atoms with Gasteiger partial charge in [0.25, 0.3) is 0 Å². The average Bonchev–Trinajstić information content (AvgIpc) is 2.46. The number of benzene rings is 2. The summed E-state index contributed by atoms with van der Waals surface area (Å²) in [7, 11) is 0. The molecule has 0 unspecified atom stereocenters. The summed E-state index contributed by atoms with van der Waals surface area (Å²) in [6, 6.07) is 13.8. The van der Waals surface area contributed by atoms with Crippen LogP contribution in [0, 0.1) is 6.92 Å². The van der Waals surface area contributed by atoms with E-state index in [1.165, 1.54) is 5.56 Å². The number of hydrogen-bond donors (Lipinski definition) is 0. The smallest absolute Gasteiger partial charge is 0.153 e. The Labute approximate surface area is 120 Å². The molecule has 104 valence electrons. The average molecular weight is 268 g/mol. The maximum atomic E-state index is 11.2. The van der Waals surface area contributed by atoms with E-state index in [9.17, 15) is 4.79 Å². The van der Waals surface area contributed by atoms with Crippen LogP contribution in [0.5, 0.6) is 5.75 Å². The van der Waals surface area contributed by atoms with Crippen molar-refractivity contribution in [1.82, 2.24) is 0 Å². The van der Waals surface area contributed by atoms with Gasteiger partial charge in [-0.05, 0) is 41.7 Å². The van der Waals surface area contributed by atoms with Crippen LogP contribution in [-0.4, -0.2) is 6.29 Å². The van der Waals surface area contributed by atoms with Gasteiger partial charge >= 0.3 is 0 Å². The SMILES string of the molecule is Cc1cc(OCc2ccccc2)c(C=O)cc1C(C)C. The lowest BCUT2D eigenvalue weighted by molar-refractivity contribution is 0.111. The molecule has 0 bridgehead atoms. The lowest BCUT2D eigenvalue weighted by Gasteiger charge is -2.15. The summed E-state index contributed by atoms with van der Waals surface area (Å²) in [6.07, 6.45) is 0.867. The van der Waals surface area contributed by atoms with Crippen molar-refractivity contribution < 1.29 is 9.53 Å². The Kier molecular flexibility index (Phi) is 4.57. The molecule has 2 rings (SSSR count). The number of ether oxygens (including phenoxy) is 1. The molecule has 0 heterocycles. The molecule has 0 spiro atoms. The number of carbonyl (C=O) groups is 1. The van der Waals surface area contributed by atoms with E-state index in [1.54, 1.807) is 0 Å². The molecule has 0 aromatic heterocycles. The second kappa shape index (κ2) is 6.38. The first-order valence-corrected chi connectivity index (χ1v) is 6.88. The summed E-state index contributed by atoms with van der Waals surface area (Å²) >= 11 is 0. The minimum absolute atomic E-state index is 0.400. The summed E-state index contributed by atoms with van der Waals surface area (Å²) in [5.41, 5.74) is 4.07. The molecule has 0 saturated heterocycles. The number of carbonyl (C=O) groups excluding carboxylic acids is 1. The van der Waals surface area contributed by atoms with Crippen molar-refractivity contribution in [3.8, 4) is 5.75 Å². The Hall–Kier alpha value is -2.09. The first-order chi connectivity index (χ1) is 9.61. The predicted molar refractivity (Wildman–Crippen MR) is 81.4 cm³/mol. The number of aldehydes is 1. The van der Waals surface area contributed by atoms with Gasteiger partial charge in [-0.25, -0.2) is 0 Å². The van der Waals surface area contributed by atoms with Crippen LogP contribution in [-0.2, 0) is 6.61 Å². The molecule has 0 aliphatic heterocycles. The summed E-state index contributed by atoms with van der Waals surface area (Å²) in [5, 5.41) is 0. The quantitative estimate of drug-likeness (QED) is 0.746. The normalized spacial score (nSPS) is 10.6. The molecule has 0 aliphatic rings. The van der Waals surface area contributed by atoms with E-state index in [1.807, 2.05) is 42.5 Å². The molecule has 0 radical (unpaired) electrons. The molecule has 0 amide bonds. The first-order valence-electron chi connectivity index (χ1n) is 6.88. The van der Waals surface area contributed by atoms with Gasteiger partial charge in [0.2, 0.25) is 0 Å². The fourth-order valence-corrected chi connectivity index (χ4v) is 2.29. The van der Waals surface area contributed by atoms with E-state index >= 15 is 0 Å². The molecule has 0 aliphatic carbocycles. The van der Waals surface area contributed by atoms with Crippen LogP contribution >= 0.6 is 0 Å². The second-order valence-electron chi connectivity index (χ2n) is 5.29. The summed E-state index contributed by atoms with van der Waals surface area (Å²) in [5.74, 6) is 1.06. The molecular formula is C18H20O2. The maximum Gasteiger partial charge on any atom is 0.153 e. The Morgan fingerprint density at radius 3 is 2.45 bits per heavy atom. The second-order valence-corrected chi connectivity index (χ2v) is 5.29. The van der Waals surface area contributed by atoms with Crippen molar-refractivity contribution in [2.24, 2.45) is 0 Å². The van der Waals surface area contributed by atoms with Gasteiger partial charge in [0.1, 0.15) is 12.4 Å². The summed E-state index contributed by atoms with van der Waals surface area (Å²) < 4.78 is 5.80. The minimum Gasteiger partial charge on any atom is -0.488 e. The van der Waals surface area contributed by atoms with Gasteiger partial charge in [-0.1, -0.05) is 44.2 Å². The van der Waals surface area contributed by atoms with Gasteiger partial charge in [-0.3, -0.25) is 4.79 Å². The highest BCUT2D eigenvalue weighted by Crippen LogP contribution is 2.27. The highest BCUT2D eigenvalue weighted by molar-refractivity contribution is 5.80. The summed E-state index contributed by atoms with van der Waals surface area (Å²) in [6.45, 7) is 6.78. The summed E-state index contributed by atoms with van der Waals surface area (Å²) in [4.78, 5) is 11.2. The van der Waals surface area contributed by atoms with E-state index in [0.717, 1.165) is 17.4 Å². The van der Waals surface area contributed by atoms with Crippen LogP contribution in [0.15, 0.2) is 42.5 Å². The van der Waals surface area contributed by atoms with Crippen LogP contribution in [0.2, 0.25) is 0 Å². The van der Waals surface area contributed by atoms with Crippen LogP contribution < -0.4 is 4.74 Å². The Morgan fingerprint density at radius 1 is 1.15 bits per heavy atom. The molecule has 2 aromatic rings. The van der Waals surface area contributed by atoms with E-state index in [0.29, 0.717) is 23.8 Å². The van der Waals surface area contributed by atoms with Gasteiger partial charge in [0, 0.05) is 0 Å². The van der Waals surface area contributed by atoms with Crippen molar-refractivity contribution >= 4 is 6.29 Å². The van der Waals surface area contributed by atoms with Crippen molar-refractivity contribution in [2.45, 2.75) is 33.3 Å². The number of hydrogen-bond acceptors (Lipinski definition) is 2. The van der Waals surface area contributed by atoms with Crippen molar-refractivity contribution in [1.29, 1.82) is 0 Å². The monoisotopic (exact) mass is 268 g/mol. The third-order valence-electron chi connectivity index (χ3n) is 3.38. The van der Waals surface area contributed by atoms with Gasteiger partial charge < -0.3 is 4.74 Å². The molecule has 0 N–H and O–H groups in total. The topological polar surface area (TPSA) is 26.3 Å². The lowest BCUT2D eigenvalue weighted by Crippen LogP contribution is -2.01. The van der Waals surface area contributed by atoms with Gasteiger partial charge in [0.15, 0.2) is 6.29 Å². The third-order valence-corrected chi connectivity index (χ3v) is 3.38. The van der Waals surface area contributed by atoms with Crippen LogP contribution in [0.3, 0.4) is 0 Å². The van der Waals surface area contributed by atoms with Crippen LogP contribution in [0.4, 0.5) is 0 Å². The molecule has 0 fully saturated rings. The third kappa shape index (κ3) is 3.27. The lowest BCUT2D eigenvalue weighted by atomic mass is 9.95. The molecule has 2 nitrogen and oxygen atoms in total. The predicted octanol–water partition coefficient (Wildman–Crippen LogP) is 4.51. The highest BCUT2D eigenvalue weighted by Gasteiger charge is 2.10. The molecule has 0 atom stereocenters. The fourth-order valence-electron chi connectivity index (χ4n) is 2.29. The molecule has 20 heavy (non-hydrogen) atoms. The van der Waals surface area contributed by atoms with Crippen molar-refractivity contribution in [3.63, 3.8) is 0 Å². The standard InChI is InChI=1S/C18H20O2/c1-13(2)17-10-16(11-19)18(9-14(17)3)20-12-15-7-5-4-6-8-15/h4-11,13H,12H2,1-3H3. The Balaban J connectivity index is 2.23. The van der Waals surface area contributed by atoms with Crippen molar-refractivity contribution in [3.05, 3.63) is 64.7 Å². The fraction of sp³-hybridized carbons (Fsp3) is 0.278. The van der Waals surface area contributed by atoms with E-state index in [4.69, 9.17) is 4.74 Å². The molecule has 0 saturated carbocycles. The van der Waals surface area contributed by atoms with Gasteiger partial charge in [-0.2, -0.15) is 0 Å². The number of aryl methyl sites for hydroxylation is 1. The van der Waals surface area contributed by atoms with E-state index in [-0.39, 0.29) is 0 Å². The zero-order chi connectivity index (χ0) is 14.5. The molecular weight excluding hydrogens is 248 g/mol. The van der Waals surface area contributed by atoms with Crippen molar-refractivity contribution in [2.75, 3.05) is 0 Å². The Bertz CT molecular complexity index is 586. The minimum atomic E-state index is 0.400. The van der Waals surface area contributed by atoms with Gasteiger partial charge in [0.05, 0.1) is 5.56 Å². The molecule has 2 heteroatoms. The zero-order valence-corrected chi connectivity index (χ0v) is 12.2. The van der Waals surface area contributed by atoms with E-state index < -0.39 is 0 Å². The van der Waals surface area contributed by atoms with E-state index in [2.05, 4.69) is 20.8 Å². The molecule has 2 aromatic carbocycles.